The van der Waals surface area contributed by atoms with Crippen molar-refractivity contribution < 1.29 is 0 Å². The molecule has 2 heteroatoms. The molecular weight excluding hydrogens is 773 g/mol. The number of hydrogen-bond donors (Lipinski definition) is 0. The third-order valence-corrected chi connectivity index (χ3v) is 14.4. The fraction of sp³-hybridized carbons (Fsp3) is 0.129. The molecule has 0 spiro atoms. The van der Waals surface area contributed by atoms with Gasteiger partial charge in [0.1, 0.15) is 0 Å². The van der Waals surface area contributed by atoms with Crippen LogP contribution in [0.5, 0.6) is 0 Å². The monoisotopic (exact) mass is 822 g/mol. The van der Waals surface area contributed by atoms with Gasteiger partial charge >= 0.3 is 0 Å². The van der Waals surface area contributed by atoms with Crippen molar-refractivity contribution in [1.29, 1.82) is 0 Å². The van der Waals surface area contributed by atoms with Crippen LogP contribution in [-0.4, -0.2) is 0 Å². The molecule has 4 unspecified atom stereocenters. The minimum atomic E-state index is 0.772. The van der Waals surface area contributed by atoms with E-state index in [-0.39, 0.29) is 0 Å². The molecule has 0 N–H and O–H groups in total. The highest BCUT2D eigenvalue weighted by Crippen LogP contribution is 2.60. The van der Waals surface area contributed by atoms with Crippen molar-refractivity contribution in [1.82, 2.24) is 0 Å². The summed E-state index contributed by atoms with van der Waals surface area (Å²) < 4.78 is 0. The molecule has 12 rings (SSSR count). The number of anilines is 6. The van der Waals surface area contributed by atoms with Gasteiger partial charge in [0.2, 0.25) is 0 Å². The van der Waals surface area contributed by atoms with Crippen LogP contribution in [0.3, 0.4) is 0 Å². The highest BCUT2D eigenvalue weighted by atomic mass is 15.1. The van der Waals surface area contributed by atoms with E-state index in [9.17, 15) is 0 Å². The van der Waals surface area contributed by atoms with Crippen LogP contribution >= 0.6 is 0 Å². The van der Waals surface area contributed by atoms with E-state index in [4.69, 9.17) is 0 Å². The molecule has 3 bridgehead atoms. The van der Waals surface area contributed by atoms with Crippen LogP contribution in [0.1, 0.15) is 48.6 Å². The zero-order chi connectivity index (χ0) is 42.4. The number of rotatable bonds is 10. The molecular formula is C62H50N2. The first kappa shape index (κ1) is 38.3. The van der Waals surface area contributed by atoms with Crippen molar-refractivity contribution in [2.24, 2.45) is 11.8 Å². The fourth-order valence-electron chi connectivity index (χ4n) is 11.4. The quantitative estimate of drug-likeness (QED) is 0.136. The molecule has 308 valence electrons. The van der Waals surface area contributed by atoms with E-state index >= 15 is 0 Å². The van der Waals surface area contributed by atoms with Crippen LogP contribution in [0.2, 0.25) is 0 Å². The molecule has 0 amide bonds. The van der Waals surface area contributed by atoms with Crippen LogP contribution in [0.25, 0.3) is 44.5 Å². The largest absolute Gasteiger partial charge is 0.311 e. The van der Waals surface area contributed by atoms with E-state index in [0.29, 0.717) is 0 Å². The van der Waals surface area contributed by atoms with Gasteiger partial charge in [-0.05, 0) is 178 Å². The minimum Gasteiger partial charge on any atom is -0.311 e. The Balaban J connectivity index is 0.825. The smallest absolute Gasteiger partial charge is 0.0462 e. The summed E-state index contributed by atoms with van der Waals surface area (Å²) in [6.45, 7) is 0. The summed E-state index contributed by atoms with van der Waals surface area (Å²) in [7, 11) is 0. The molecule has 0 aliphatic heterocycles. The van der Waals surface area contributed by atoms with E-state index in [1.54, 1.807) is 11.1 Å². The van der Waals surface area contributed by atoms with Crippen molar-refractivity contribution in [2.75, 3.05) is 9.80 Å². The Morgan fingerprint density at radius 2 is 0.609 bits per heavy atom. The second kappa shape index (κ2) is 16.4. The standard InChI is InChI=1S/C62H50N2/c1-4-10-44(11-5-1)46-16-27-57(28-17-46)64(58-29-18-47(19-30-58)45-12-6-2-7-13-45)59-33-22-49(23-34-59)48-20-31-55(32-21-48)63(54-14-8-3-9-15-54)56-35-24-50(25-36-56)51-26-37-60-52-38-43-39-53(41-52)61(40-43)62(60)42-51/h1-37,42-43,52-53,61H,38-41H2. The highest BCUT2D eigenvalue weighted by molar-refractivity contribution is 5.83. The topological polar surface area (TPSA) is 6.48 Å². The molecule has 3 aliphatic carbocycles. The molecule has 9 aromatic rings. The average Bonchev–Trinajstić information content (AvgIpc) is 3.62. The summed E-state index contributed by atoms with van der Waals surface area (Å²) in [5.74, 6) is 3.42. The van der Waals surface area contributed by atoms with Gasteiger partial charge in [0.25, 0.3) is 0 Å². The third kappa shape index (κ3) is 7.19. The molecule has 2 fully saturated rings. The van der Waals surface area contributed by atoms with E-state index in [2.05, 4.69) is 240 Å². The Kier molecular flexibility index (Phi) is 9.79. The van der Waals surface area contributed by atoms with E-state index < -0.39 is 0 Å². The number of hydrogen-bond acceptors (Lipinski definition) is 2. The summed E-state index contributed by atoms with van der Waals surface area (Å²) in [5, 5.41) is 0. The van der Waals surface area contributed by atoms with E-state index in [1.165, 1.54) is 70.2 Å². The summed E-state index contributed by atoms with van der Waals surface area (Å²) in [6.07, 6.45) is 5.69. The first-order valence-corrected chi connectivity index (χ1v) is 23.1. The second-order valence-corrected chi connectivity index (χ2v) is 18.2. The van der Waals surface area contributed by atoms with Crippen molar-refractivity contribution in [2.45, 2.75) is 37.5 Å². The number of benzene rings is 9. The highest BCUT2D eigenvalue weighted by Gasteiger charge is 2.46. The van der Waals surface area contributed by atoms with Gasteiger partial charge in [-0.15, -0.1) is 0 Å². The molecule has 4 atom stereocenters. The predicted molar refractivity (Wildman–Crippen MR) is 268 cm³/mol. The Labute approximate surface area is 377 Å². The van der Waals surface area contributed by atoms with Gasteiger partial charge in [-0.25, -0.2) is 0 Å². The van der Waals surface area contributed by atoms with Crippen molar-refractivity contribution in [3.05, 3.63) is 242 Å². The second-order valence-electron chi connectivity index (χ2n) is 18.2. The molecule has 0 heterocycles. The normalized spacial score (nSPS) is 18.1. The van der Waals surface area contributed by atoms with Crippen molar-refractivity contribution in [3.63, 3.8) is 0 Å². The van der Waals surface area contributed by atoms with Crippen molar-refractivity contribution >= 4 is 34.1 Å². The zero-order valence-electron chi connectivity index (χ0n) is 36.0. The number of para-hydroxylation sites is 1. The zero-order valence-corrected chi connectivity index (χ0v) is 36.0. The molecule has 0 saturated heterocycles. The molecule has 2 nitrogen and oxygen atoms in total. The van der Waals surface area contributed by atoms with Crippen LogP contribution in [-0.2, 0) is 0 Å². The maximum absolute atomic E-state index is 2.55. The Hall–Kier alpha value is -7.42. The Morgan fingerprint density at radius 3 is 1.03 bits per heavy atom. The lowest BCUT2D eigenvalue weighted by Gasteiger charge is -2.36. The minimum absolute atomic E-state index is 0.772. The maximum atomic E-state index is 2.55. The summed E-state index contributed by atoms with van der Waals surface area (Å²) >= 11 is 0. The van der Waals surface area contributed by atoms with E-state index in [1.807, 2.05) is 0 Å². The Bertz CT molecular complexity index is 2930. The molecule has 2 saturated carbocycles. The van der Waals surface area contributed by atoms with Crippen LogP contribution in [0.4, 0.5) is 34.1 Å². The van der Waals surface area contributed by atoms with Gasteiger partial charge in [0, 0.05) is 34.1 Å². The maximum Gasteiger partial charge on any atom is 0.0462 e. The third-order valence-electron chi connectivity index (χ3n) is 14.4. The molecule has 0 radical (unpaired) electrons. The van der Waals surface area contributed by atoms with Crippen LogP contribution in [0.15, 0.2) is 231 Å². The summed E-state index contributed by atoms with van der Waals surface area (Å²) in [6, 6.07) is 84.3. The summed E-state index contributed by atoms with van der Waals surface area (Å²) in [4.78, 5) is 4.71. The molecule has 9 aromatic carbocycles. The average molecular weight is 823 g/mol. The van der Waals surface area contributed by atoms with Crippen LogP contribution in [0, 0.1) is 11.8 Å². The lowest BCUT2D eigenvalue weighted by molar-refractivity contribution is 0.296. The fourth-order valence-corrected chi connectivity index (χ4v) is 11.4. The first-order valence-electron chi connectivity index (χ1n) is 23.1. The van der Waals surface area contributed by atoms with E-state index in [0.717, 1.165) is 57.8 Å². The van der Waals surface area contributed by atoms with Gasteiger partial charge < -0.3 is 9.80 Å². The lowest BCUT2D eigenvalue weighted by Crippen LogP contribution is -2.22. The lowest BCUT2D eigenvalue weighted by atomic mass is 9.68. The van der Waals surface area contributed by atoms with Crippen molar-refractivity contribution in [3.8, 4) is 44.5 Å². The molecule has 0 aromatic heterocycles. The SMILES string of the molecule is c1ccc(-c2ccc(N(c3ccc(-c4ccccc4)cc3)c3ccc(-c4ccc(N(c5ccccc5)c5ccc(-c6ccc7c(c6)C6CC8CC7CC6C8)cc5)cc4)cc3)cc2)cc1. The molecule has 3 aliphatic rings. The summed E-state index contributed by atoms with van der Waals surface area (Å²) in [5.41, 5.74) is 19.9. The van der Waals surface area contributed by atoms with Gasteiger partial charge in [-0.3, -0.25) is 0 Å². The van der Waals surface area contributed by atoms with Gasteiger partial charge in [-0.1, -0.05) is 158 Å². The number of fused-ring (bicyclic) bond motifs is 5. The molecule has 64 heavy (non-hydrogen) atoms. The Morgan fingerprint density at radius 1 is 0.266 bits per heavy atom. The van der Waals surface area contributed by atoms with Gasteiger partial charge in [0.15, 0.2) is 0 Å². The predicted octanol–water partition coefficient (Wildman–Crippen LogP) is 17.3. The van der Waals surface area contributed by atoms with Gasteiger partial charge in [0.05, 0.1) is 0 Å². The number of nitrogens with zero attached hydrogens (tertiary/aromatic N) is 2. The van der Waals surface area contributed by atoms with Crippen LogP contribution < -0.4 is 9.80 Å². The first-order chi connectivity index (χ1) is 31.7. The van der Waals surface area contributed by atoms with Gasteiger partial charge in [-0.2, -0.15) is 0 Å².